The first-order valence-electron chi connectivity index (χ1n) is 6.69. The normalized spacial score (nSPS) is 12.8. The molecular formula is C16H13FO5S. The Morgan fingerprint density at radius 2 is 1.96 bits per heavy atom. The number of carbonyl (C=O) groups excluding carboxylic acids is 1. The third-order valence-electron chi connectivity index (χ3n) is 3.66. The first-order valence-corrected chi connectivity index (χ1v) is 8.58. The van der Waals surface area contributed by atoms with Crippen LogP contribution in [0.25, 0.3) is 11.1 Å². The summed E-state index contributed by atoms with van der Waals surface area (Å²) in [6, 6.07) is 7.05. The molecule has 1 aliphatic rings. The summed E-state index contributed by atoms with van der Waals surface area (Å²) >= 11 is 0. The molecule has 0 unspecified atom stereocenters. The average Bonchev–Trinajstić information content (AvgIpc) is 2.52. The topological polar surface area (TPSA) is 69.7 Å². The maximum absolute atomic E-state index is 14.2. The van der Waals surface area contributed by atoms with Gasteiger partial charge in [0.15, 0.2) is 9.84 Å². The van der Waals surface area contributed by atoms with Gasteiger partial charge in [-0.2, -0.15) is 0 Å². The maximum atomic E-state index is 14.2. The zero-order chi connectivity index (χ0) is 16.8. The zero-order valence-electron chi connectivity index (χ0n) is 12.4. The number of carbonyl (C=O) groups is 1. The monoisotopic (exact) mass is 336 g/mol. The molecule has 0 saturated carbocycles. The second-order valence-corrected chi connectivity index (χ2v) is 7.22. The van der Waals surface area contributed by atoms with Crippen molar-refractivity contribution in [2.45, 2.75) is 11.5 Å². The van der Waals surface area contributed by atoms with Gasteiger partial charge in [0.25, 0.3) is 0 Å². The molecule has 0 aromatic heterocycles. The van der Waals surface area contributed by atoms with Crippen molar-refractivity contribution in [2.24, 2.45) is 0 Å². The Labute approximate surface area is 132 Å². The van der Waals surface area contributed by atoms with Crippen LogP contribution in [0.5, 0.6) is 5.75 Å². The Hall–Kier alpha value is -2.41. The van der Waals surface area contributed by atoms with Gasteiger partial charge in [0, 0.05) is 11.8 Å². The molecule has 23 heavy (non-hydrogen) atoms. The fourth-order valence-corrected chi connectivity index (χ4v) is 3.12. The minimum absolute atomic E-state index is 0.140. The van der Waals surface area contributed by atoms with E-state index in [4.69, 9.17) is 4.74 Å². The minimum Gasteiger partial charge on any atom is -0.488 e. The van der Waals surface area contributed by atoms with Crippen LogP contribution in [0, 0.1) is 5.82 Å². The van der Waals surface area contributed by atoms with E-state index in [0.717, 1.165) is 25.0 Å². The van der Waals surface area contributed by atoms with E-state index in [1.807, 2.05) is 0 Å². The standard InChI is InChI=1S/C16H13FO5S/c1-21-16(18)13-7-15-12(6-14(13)17)11-5-10(23(2,19)20)4-3-9(11)8-22-15/h3-7H,8H2,1-2H3. The van der Waals surface area contributed by atoms with E-state index in [1.165, 1.54) is 18.2 Å². The predicted octanol–water partition coefficient (Wildman–Crippen LogP) is 2.58. The van der Waals surface area contributed by atoms with Crippen LogP contribution in [0.3, 0.4) is 0 Å². The lowest BCUT2D eigenvalue weighted by Gasteiger charge is -2.22. The van der Waals surface area contributed by atoms with E-state index in [2.05, 4.69) is 4.74 Å². The summed E-state index contributed by atoms with van der Waals surface area (Å²) < 4.78 is 47.7. The van der Waals surface area contributed by atoms with Crippen LogP contribution in [0.4, 0.5) is 4.39 Å². The highest BCUT2D eigenvalue weighted by Gasteiger charge is 2.24. The van der Waals surface area contributed by atoms with E-state index in [1.54, 1.807) is 6.07 Å². The minimum atomic E-state index is -3.38. The van der Waals surface area contributed by atoms with Crippen LogP contribution in [0.15, 0.2) is 35.2 Å². The smallest absolute Gasteiger partial charge is 0.340 e. The molecule has 1 heterocycles. The second-order valence-electron chi connectivity index (χ2n) is 5.20. The number of methoxy groups -OCH3 is 1. The first kappa shape index (κ1) is 15.5. The van der Waals surface area contributed by atoms with Crippen LogP contribution in [0.1, 0.15) is 15.9 Å². The number of halogens is 1. The molecule has 0 spiro atoms. The second kappa shape index (κ2) is 5.34. The number of benzene rings is 2. The number of sulfone groups is 1. The molecule has 0 atom stereocenters. The Bertz CT molecular complexity index is 918. The molecule has 5 nitrogen and oxygen atoms in total. The number of hydrogen-bond acceptors (Lipinski definition) is 5. The molecule has 3 rings (SSSR count). The molecule has 2 aromatic carbocycles. The van der Waals surface area contributed by atoms with Gasteiger partial charge < -0.3 is 9.47 Å². The predicted molar refractivity (Wildman–Crippen MR) is 80.6 cm³/mol. The largest absolute Gasteiger partial charge is 0.488 e. The van der Waals surface area contributed by atoms with Crippen molar-refractivity contribution in [3.8, 4) is 16.9 Å². The van der Waals surface area contributed by atoms with E-state index in [-0.39, 0.29) is 17.1 Å². The maximum Gasteiger partial charge on any atom is 0.340 e. The summed E-state index contributed by atoms with van der Waals surface area (Å²) in [4.78, 5) is 11.7. The van der Waals surface area contributed by atoms with Crippen molar-refractivity contribution in [3.05, 3.63) is 47.3 Å². The molecule has 0 radical (unpaired) electrons. The number of rotatable bonds is 2. The van der Waals surface area contributed by atoms with Crippen LogP contribution < -0.4 is 4.74 Å². The van der Waals surface area contributed by atoms with Gasteiger partial charge in [-0.3, -0.25) is 0 Å². The summed E-state index contributed by atoms with van der Waals surface area (Å²) in [6.07, 6.45) is 1.11. The summed E-state index contributed by atoms with van der Waals surface area (Å²) in [5.74, 6) is -1.24. The molecular weight excluding hydrogens is 323 g/mol. The SMILES string of the molecule is COC(=O)c1cc2c(cc1F)-c1cc(S(C)(=O)=O)ccc1CO2. The lowest BCUT2D eigenvalue weighted by molar-refractivity contribution is 0.0595. The fourth-order valence-electron chi connectivity index (χ4n) is 2.47. The molecule has 120 valence electrons. The lowest BCUT2D eigenvalue weighted by atomic mass is 9.95. The quantitative estimate of drug-likeness (QED) is 0.789. The highest BCUT2D eigenvalue weighted by Crippen LogP contribution is 2.40. The molecule has 0 bridgehead atoms. The van der Waals surface area contributed by atoms with Crippen molar-refractivity contribution in [3.63, 3.8) is 0 Å². The molecule has 0 fully saturated rings. The summed E-state index contributed by atoms with van der Waals surface area (Å²) in [5, 5.41) is 0. The number of fused-ring (bicyclic) bond motifs is 3. The van der Waals surface area contributed by atoms with Crippen molar-refractivity contribution in [2.75, 3.05) is 13.4 Å². The molecule has 2 aromatic rings. The Kier molecular flexibility index (Phi) is 3.60. The van der Waals surface area contributed by atoms with Gasteiger partial charge in [-0.1, -0.05) is 6.07 Å². The summed E-state index contributed by atoms with van der Waals surface area (Å²) in [6.45, 7) is 0.207. The van der Waals surface area contributed by atoms with Crippen molar-refractivity contribution in [1.82, 2.24) is 0 Å². The van der Waals surface area contributed by atoms with Gasteiger partial charge in [0.05, 0.1) is 17.6 Å². The van der Waals surface area contributed by atoms with Crippen molar-refractivity contribution in [1.29, 1.82) is 0 Å². The summed E-state index contributed by atoms with van der Waals surface area (Å²) in [5.41, 5.74) is 1.50. The van der Waals surface area contributed by atoms with Crippen molar-refractivity contribution < 1.29 is 27.1 Å². The number of esters is 1. The molecule has 0 saturated heterocycles. The van der Waals surface area contributed by atoms with Gasteiger partial charge in [-0.05, 0) is 35.4 Å². The van der Waals surface area contributed by atoms with Crippen LogP contribution in [-0.4, -0.2) is 27.8 Å². The Morgan fingerprint density at radius 3 is 2.61 bits per heavy atom. The molecule has 0 N–H and O–H groups in total. The highest BCUT2D eigenvalue weighted by atomic mass is 32.2. The lowest BCUT2D eigenvalue weighted by Crippen LogP contribution is -2.11. The van der Waals surface area contributed by atoms with Gasteiger partial charge in [-0.25, -0.2) is 17.6 Å². The van der Waals surface area contributed by atoms with Crippen LogP contribution >= 0.6 is 0 Å². The van der Waals surface area contributed by atoms with Gasteiger partial charge in [-0.15, -0.1) is 0 Å². The number of hydrogen-bond donors (Lipinski definition) is 0. The first-order chi connectivity index (χ1) is 10.8. The van der Waals surface area contributed by atoms with Gasteiger partial charge >= 0.3 is 5.97 Å². The molecule has 0 amide bonds. The third-order valence-corrected chi connectivity index (χ3v) is 4.77. The molecule has 1 aliphatic heterocycles. The van der Waals surface area contributed by atoms with E-state index >= 15 is 0 Å². The van der Waals surface area contributed by atoms with Gasteiger partial charge in [0.1, 0.15) is 18.2 Å². The Balaban J connectivity index is 2.21. The van der Waals surface area contributed by atoms with Crippen LogP contribution in [-0.2, 0) is 21.2 Å². The van der Waals surface area contributed by atoms with Gasteiger partial charge in [0.2, 0.25) is 0 Å². The van der Waals surface area contributed by atoms with Crippen molar-refractivity contribution >= 4 is 15.8 Å². The van der Waals surface area contributed by atoms with E-state index in [9.17, 15) is 17.6 Å². The summed E-state index contributed by atoms with van der Waals surface area (Å²) in [7, 11) is -2.22. The zero-order valence-corrected chi connectivity index (χ0v) is 13.2. The third kappa shape index (κ3) is 2.68. The number of ether oxygens (including phenoxy) is 2. The van der Waals surface area contributed by atoms with E-state index in [0.29, 0.717) is 16.9 Å². The molecule has 7 heteroatoms. The van der Waals surface area contributed by atoms with Crippen LogP contribution in [0.2, 0.25) is 0 Å². The average molecular weight is 336 g/mol. The molecule has 0 aliphatic carbocycles. The highest BCUT2D eigenvalue weighted by molar-refractivity contribution is 7.90. The Morgan fingerprint density at radius 1 is 1.22 bits per heavy atom. The fraction of sp³-hybridized carbons (Fsp3) is 0.188. The van der Waals surface area contributed by atoms with E-state index < -0.39 is 21.6 Å².